The molecule has 1 aromatic rings. The molecule has 2 nitrogen and oxygen atoms in total. The third kappa shape index (κ3) is 2.90. The molecule has 1 fully saturated rings. The Morgan fingerprint density at radius 2 is 2.24 bits per heavy atom. The molecule has 4 heteroatoms. The highest BCUT2D eigenvalue weighted by Gasteiger charge is 2.29. The first-order chi connectivity index (χ1) is 8.13. The number of nitrogens with two attached hydrogens (primary N) is 1. The lowest BCUT2D eigenvalue weighted by Crippen LogP contribution is -2.26. The number of hydrogen-bond acceptors (Lipinski definition) is 2. The maximum Gasteiger partial charge on any atom is 0.104 e. The minimum Gasteiger partial charge on any atom is -0.389 e. The summed E-state index contributed by atoms with van der Waals surface area (Å²) >= 11 is 11.3. The molecule has 0 unspecified atom stereocenters. The molecular weight excluding hydrogens is 252 g/mol. The minimum atomic E-state index is 0.395. The summed E-state index contributed by atoms with van der Waals surface area (Å²) in [6.45, 7) is 3.24. The van der Waals surface area contributed by atoms with E-state index >= 15 is 0 Å². The van der Waals surface area contributed by atoms with Gasteiger partial charge in [0.05, 0.1) is 10.7 Å². The molecule has 0 amide bonds. The molecule has 1 aliphatic carbocycles. The molecule has 0 aromatic heterocycles. The maximum absolute atomic E-state index is 6.32. The van der Waals surface area contributed by atoms with Crippen molar-refractivity contribution in [2.45, 2.75) is 32.2 Å². The van der Waals surface area contributed by atoms with Crippen LogP contribution in [0.3, 0.4) is 0 Å². The molecule has 0 bridgehead atoms. The normalized spacial score (nSPS) is 14.7. The second kappa shape index (κ2) is 5.23. The van der Waals surface area contributed by atoms with Gasteiger partial charge in [0.2, 0.25) is 0 Å². The summed E-state index contributed by atoms with van der Waals surface area (Å²) in [6, 6.07) is 6.52. The Morgan fingerprint density at radius 1 is 1.53 bits per heavy atom. The molecule has 92 valence electrons. The van der Waals surface area contributed by atoms with Crippen molar-refractivity contribution in [1.29, 1.82) is 0 Å². The Labute approximate surface area is 113 Å². The molecule has 1 aromatic carbocycles. The second-order valence-electron chi connectivity index (χ2n) is 4.46. The molecule has 2 N–H and O–H groups in total. The van der Waals surface area contributed by atoms with Crippen LogP contribution >= 0.6 is 23.8 Å². The summed E-state index contributed by atoms with van der Waals surface area (Å²) < 4.78 is 0. The highest BCUT2D eigenvalue weighted by atomic mass is 35.5. The van der Waals surface area contributed by atoms with Crippen LogP contribution in [-0.2, 0) is 0 Å². The van der Waals surface area contributed by atoms with Crippen molar-refractivity contribution in [3.63, 3.8) is 0 Å². The average molecular weight is 269 g/mol. The molecule has 0 spiro atoms. The van der Waals surface area contributed by atoms with Crippen molar-refractivity contribution in [3.05, 3.63) is 28.8 Å². The van der Waals surface area contributed by atoms with E-state index in [9.17, 15) is 0 Å². The van der Waals surface area contributed by atoms with Gasteiger partial charge in [0, 0.05) is 18.2 Å². The summed E-state index contributed by atoms with van der Waals surface area (Å²) in [7, 11) is 0. The molecule has 1 aliphatic rings. The Bertz CT molecular complexity index is 429. The first kappa shape index (κ1) is 12.7. The van der Waals surface area contributed by atoms with Gasteiger partial charge in [-0.3, -0.25) is 0 Å². The first-order valence-electron chi connectivity index (χ1n) is 5.99. The van der Waals surface area contributed by atoms with Gasteiger partial charge < -0.3 is 10.6 Å². The van der Waals surface area contributed by atoms with Crippen molar-refractivity contribution in [2.24, 2.45) is 5.73 Å². The van der Waals surface area contributed by atoms with Gasteiger partial charge >= 0.3 is 0 Å². The van der Waals surface area contributed by atoms with E-state index in [1.807, 2.05) is 18.2 Å². The van der Waals surface area contributed by atoms with Crippen LogP contribution < -0.4 is 10.6 Å². The fourth-order valence-electron chi connectivity index (χ4n) is 2.02. The second-order valence-corrected chi connectivity index (χ2v) is 5.30. The standard InChI is InChI=1S/C13H17ClN2S/c1-2-7-16(10-4-5-10)12-6-3-9(13(15)17)8-11(12)14/h3,6,8,10H,2,4-5,7H2,1H3,(H2,15,17). The topological polar surface area (TPSA) is 29.3 Å². The number of benzene rings is 1. The summed E-state index contributed by atoms with van der Waals surface area (Å²) in [5.41, 5.74) is 7.54. The van der Waals surface area contributed by atoms with Crippen molar-refractivity contribution in [1.82, 2.24) is 0 Å². The van der Waals surface area contributed by atoms with E-state index in [4.69, 9.17) is 29.6 Å². The lowest BCUT2D eigenvalue weighted by atomic mass is 10.2. The third-order valence-electron chi connectivity index (χ3n) is 2.99. The molecule has 2 rings (SSSR count). The van der Waals surface area contributed by atoms with E-state index in [2.05, 4.69) is 11.8 Å². The van der Waals surface area contributed by atoms with E-state index in [1.54, 1.807) is 0 Å². The molecule has 1 saturated carbocycles. The number of rotatable bonds is 5. The lowest BCUT2D eigenvalue weighted by molar-refractivity contribution is 0.763. The van der Waals surface area contributed by atoms with Gasteiger partial charge in [0.1, 0.15) is 4.99 Å². The van der Waals surface area contributed by atoms with Crippen molar-refractivity contribution >= 4 is 34.5 Å². The van der Waals surface area contributed by atoms with Gasteiger partial charge in [-0.05, 0) is 37.5 Å². The first-order valence-corrected chi connectivity index (χ1v) is 6.78. The van der Waals surface area contributed by atoms with Crippen molar-refractivity contribution in [2.75, 3.05) is 11.4 Å². The SMILES string of the molecule is CCCN(c1ccc(C(N)=S)cc1Cl)C1CC1. The van der Waals surface area contributed by atoms with Crippen molar-refractivity contribution < 1.29 is 0 Å². The molecule has 17 heavy (non-hydrogen) atoms. The molecule has 0 heterocycles. The predicted molar refractivity (Wildman–Crippen MR) is 78.0 cm³/mol. The van der Waals surface area contributed by atoms with Gasteiger partial charge in [-0.25, -0.2) is 0 Å². The molecule has 0 atom stereocenters. The summed E-state index contributed by atoms with van der Waals surface area (Å²) in [5, 5.41) is 0.746. The average Bonchev–Trinajstić information content (AvgIpc) is 3.10. The third-order valence-corrected chi connectivity index (χ3v) is 3.53. The molecule has 0 radical (unpaired) electrons. The lowest BCUT2D eigenvalue weighted by Gasteiger charge is -2.25. The number of halogens is 1. The van der Waals surface area contributed by atoms with Crippen LogP contribution in [0, 0.1) is 0 Å². The quantitative estimate of drug-likeness (QED) is 0.831. The smallest absolute Gasteiger partial charge is 0.104 e. The van der Waals surface area contributed by atoms with Gasteiger partial charge in [0.15, 0.2) is 0 Å². The van der Waals surface area contributed by atoms with Crippen LogP contribution in [0.25, 0.3) is 0 Å². The Kier molecular flexibility index (Phi) is 3.89. The van der Waals surface area contributed by atoms with E-state index in [-0.39, 0.29) is 0 Å². The van der Waals surface area contributed by atoms with Crippen LogP contribution in [0.5, 0.6) is 0 Å². The van der Waals surface area contributed by atoms with Crippen LogP contribution in [0.4, 0.5) is 5.69 Å². The number of anilines is 1. The van der Waals surface area contributed by atoms with Crippen LogP contribution in [0.15, 0.2) is 18.2 Å². The van der Waals surface area contributed by atoms with Crippen LogP contribution in [0.2, 0.25) is 5.02 Å². The van der Waals surface area contributed by atoms with E-state index in [1.165, 1.54) is 12.8 Å². The number of hydrogen-bond donors (Lipinski definition) is 1. The zero-order valence-electron chi connectivity index (χ0n) is 9.95. The van der Waals surface area contributed by atoms with E-state index in [0.717, 1.165) is 29.2 Å². The number of nitrogens with zero attached hydrogens (tertiary/aromatic N) is 1. The summed E-state index contributed by atoms with van der Waals surface area (Å²) in [6.07, 6.45) is 3.67. The molecule has 0 aliphatic heterocycles. The Morgan fingerprint density at radius 3 is 2.71 bits per heavy atom. The Balaban J connectivity index is 2.27. The zero-order chi connectivity index (χ0) is 12.4. The fourth-order valence-corrected chi connectivity index (χ4v) is 2.44. The van der Waals surface area contributed by atoms with Crippen LogP contribution in [0.1, 0.15) is 31.7 Å². The van der Waals surface area contributed by atoms with Gasteiger partial charge in [-0.2, -0.15) is 0 Å². The molecular formula is C13H17ClN2S. The van der Waals surface area contributed by atoms with Gasteiger partial charge in [-0.1, -0.05) is 30.7 Å². The van der Waals surface area contributed by atoms with Crippen molar-refractivity contribution in [3.8, 4) is 0 Å². The highest BCUT2D eigenvalue weighted by Crippen LogP contribution is 2.36. The summed E-state index contributed by atoms with van der Waals surface area (Å²) in [5.74, 6) is 0. The van der Waals surface area contributed by atoms with E-state index in [0.29, 0.717) is 11.0 Å². The van der Waals surface area contributed by atoms with Gasteiger partial charge in [-0.15, -0.1) is 0 Å². The van der Waals surface area contributed by atoms with Crippen LogP contribution in [-0.4, -0.2) is 17.6 Å². The summed E-state index contributed by atoms with van der Waals surface area (Å²) in [4.78, 5) is 2.79. The maximum atomic E-state index is 6.32. The number of thiocarbonyl (C=S) groups is 1. The van der Waals surface area contributed by atoms with E-state index < -0.39 is 0 Å². The Hall–Kier alpha value is -0.800. The zero-order valence-corrected chi connectivity index (χ0v) is 11.5. The molecule has 0 saturated heterocycles. The fraction of sp³-hybridized carbons (Fsp3) is 0.462. The van der Waals surface area contributed by atoms with Gasteiger partial charge in [0.25, 0.3) is 0 Å². The highest BCUT2D eigenvalue weighted by molar-refractivity contribution is 7.80. The predicted octanol–water partition coefficient (Wildman–Crippen LogP) is 3.35. The minimum absolute atomic E-state index is 0.395. The monoisotopic (exact) mass is 268 g/mol. The largest absolute Gasteiger partial charge is 0.389 e.